The van der Waals surface area contributed by atoms with E-state index >= 15 is 0 Å². The fraction of sp³-hybridized carbons (Fsp3) is 0.529. The van der Waals surface area contributed by atoms with Crippen LogP contribution in [0.1, 0.15) is 70.9 Å². The Balaban J connectivity index is 0.00000576. The first kappa shape index (κ1) is 42.6. The van der Waals surface area contributed by atoms with Gasteiger partial charge in [-0.05, 0) is 35.9 Å². The maximum absolute atomic E-state index is 13.4. The summed E-state index contributed by atoms with van der Waals surface area (Å²) >= 11 is 0. The van der Waals surface area contributed by atoms with Gasteiger partial charge in [0, 0.05) is 32.9 Å². The number of nitrogens with one attached hydrogen (secondary N) is 1. The summed E-state index contributed by atoms with van der Waals surface area (Å²) in [5, 5.41) is 14.3. The molecule has 3 atom stereocenters. The quantitative estimate of drug-likeness (QED) is 0.135. The zero-order valence-electron chi connectivity index (χ0n) is 28.0. The highest BCUT2D eigenvalue weighted by Gasteiger charge is 2.43. The molecule has 0 radical (unpaired) electrons. The summed E-state index contributed by atoms with van der Waals surface area (Å²) in [5.74, 6) is -2.04. The molecule has 0 aromatic heterocycles. The smallest absolute Gasteiger partial charge is 0.412 e. The minimum absolute atomic E-state index is 0. The largest absolute Gasteiger partial charge is 0.460 e. The van der Waals surface area contributed by atoms with Crippen LogP contribution in [0.25, 0.3) is 0 Å². The zero-order valence-corrected chi connectivity index (χ0v) is 29.6. The van der Waals surface area contributed by atoms with Crippen molar-refractivity contribution in [2.24, 2.45) is 16.9 Å². The van der Waals surface area contributed by atoms with Crippen molar-refractivity contribution >= 4 is 48.8 Å². The minimum Gasteiger partial charge on any atom is -0.460 e. The molecule has 1 unspecified atom stereocenters. The van der Waals surface area contributed by atoms with Crippen LogP contribution >= 0.6 is 24.8 Å². The van der Waals surface area contributed by atoms with E-state index in [0.717, 1.165) is 6.42 Å². The SMILES string of the molecule is CC(OC(=O)[C@@H](NC(=O)[C@@H](N)CCCCN)C(C)(C)C)OC(=O)N1CCC(OC(=O)C(O)(c2ccccc2)c2ccccc2)CC1.Cl.Cl. The fourth-order valence-corrected chi connectivity index (χ4v) is 5.14. The van der Waals surface area contributed by atoms with E-state index in [4.69, 9.17) is 25.7 Å². The van der Waals surface area contributed by atoms with E-state index in [-0.39, 0.29) is 37.9 Å². The van der Waals surface area contributed by atoms with Gasteiger partial charge in [-0.15, -0.1) is 24.8 Å². The van der Waals surface area contributed by atoms with Crippen molar-refractivity contribution < 1.29 is 38.5 Å². The number of nitrogens with two attached hydrogens (primary N) is 2. The van der Waals surface area contributed by atoms with Crippen LogP contribution in [-0.2, 0) is 34.2 Å². The number of carbonyl (C=O) groups is 4. The standard InChI is InChI=1S/C34H48N4O8.2ClH/c1-23(44-30(40)28(33(2,3)4)37-29(39)27(36)17-11-12-20-35)45-32(42)38-21-18-26(19-22-38)46-31(41)34(43,24-13-7-5-8-14-24)25-15-9-6-10-16-25;;/h5-10,13-16,23,26-28,43H,11-12,17-22,35-36H2,1-4H3,(H,37,39);2*1H/t23?,27-,28+;;/m0../s1. The van der Waals surface area contributed by atoms with Crippen molar-refractivity contribution in [2.75, 3.05) is 19.6 Å². The number of hydrogen-bond acceptors (Lipinski definition) is 10. The number of piperidine rings is 1. The molecule has 14 heteroatoms. The first-order valence-corrected chi connectivity index (χ1v) is 15.7. The van der Waals surface area contributed by atoms with E-state index in [1.54, 1.807) is 81.4 Å². The number of rotatable bonds is 13. The average molecular weight is 714 g/mol. The van der Waals surface area contributed by atoms with Crippen LogP contribution in [0, 0.1) is 5.41 Å². The molecule has 1 fully saturated rings. The predicted octanol–water partition coefficient (Wildman–Crippen LogP) is 3.79. The molecule has 0 spiro atoms. The topological polar surface area (TPSA) is 184 Å². The van der Waals surface area contributed by atoms with Crippen LogP contribution in [0.4, 0.5) is 4.79 Å². The molecule has 6 N–H and O–H groups in total. The molecule has 0 aliphatic carbocycles. The van der Waals surface area contributed by atoms with Gasteiger partial charge in [-0.25, -0.2) is 14.4 Å². The van der Waals surface area contributed by atoms with Gasteiger partial charge in [0.1, 0.15) is 12.1 Å². The number of carbonyl (C=O) groups excluding carboxylic acids is 4. The zero-order chi connectivity index (χ0) is 33.9. The number of ether oxygens (including phenoxy) is 3. The molecule has 268 valence electrons. The number of esters is 2. The lowest BCUT2D eigenvalue weighted by Gasteiger charge is -2.34. The number of likely N-dealkylation sites (tertiary alicyclic amines) is 1. The molecular formula is C34H50Cl2N4O8. The summed E-state index contributed by atoms with van der Waals surface area (Å²) < 4.78 is 16.5. The molecule has 12 nitrogen and oxygen atoms in total. The monoisotopic (exact) mass is 712 g/mol. The highest BCUT2D eigenvalue weighted by Crippen LogP contribution is 2.32. The molecule has 2 amide bonds. The molecule has 1 aliphatic heterocycles. The molecule has 3 rings (SSSR count). The Morgan fingerprint density at radius 3 is 1.92 bits per heavy atom. The van der Waals surface area contributed by atoms with Crippen molar-refractivity contribution in [3.63, 3.8) is 0 Å². The number of amides is 2. The average Bonchev–Trinajstić information content (AvgIpc) is 3.03. The summed E-state index contributed by atoms with van der Waals surface area (Å²) in [7, 11) is 0. The first-order valence-electron chi connectivity index (χ1n) is 15.7. The molecule has 1 saturated heterocycles. The number of aliphatic hydroxyl groups is 1. The van der Waals surface area contributed by atoms with Gasteiger partial charge in [0.25, 0.3) is 0 Å². The second kappa shape index (κ2) is 19.5. The van der Waals surface area contributed by atoms with Gasteiger partial charge in [0.05, 0.1) is 6.04 Å². The van der Waals surface area contributed by atoms with Crippen LogP contribution in [0.5, 0.6) is 0 Å². The van der Waals surface area contributed by atoms with Gasteiger partial charge in [-0.2, -0.15) is 0 Å². The lowest BCUT2D eigenvalue weighted by molar-refractivity contribution is -0.173. The van der Waals surface area contributed by atoms with E-state index in [9.17, 15) is 24.3 Å². The van der Waals surface area contributed by atoms with Gasteiger partial charge >= 0.3 is 18.0 Å². The van der Waals surface area contributed by atoms with Crippen LogP contribution in [-0.4, -0.2) is 78.1 Å². The van der Waals surface area contributed by atoms with Crippen molar-refractivity contribution in [3.05, 3.63) is 71.8 Å². The maximum Gasteiger partial charge on any atom is 0.412 e. The van der Waals surface area contributed by atoms with E-state index in [1.165, 1.54) is 11.8 Å². The normalized spacial score (nSPS) is 15.4. The second-order valence-electron chi connectivity index (χ2n) is 12.6. The minimum atomic E-state index is -2.00. The summed E-state index contributed by atoms with van der Waals surface area (Å²) in [4.78, 5) is 53.4. The Hall–Kier alpha value is -3.42. The van der Waals surface area contributed by atoms with Crippen LogP contribution in [0.2, 0.25) is 0 Å². The molecule has 1 heterocycles. The van der Waals surface area contributed by atoms with Crippen molar-refractivity contribution in [3.8, 4) is 0 Å². The second-order valence-corrected chi connectivity index (χ2v) is 12.6. The van der Waals surface area contributed by atoms with Crippen molar-refractivity contribution in [1.29, 1.82) is 0 Å². The lowest BCUT2D eigenvalue weighted by atomic mass is 9.86. The molecular weight excluding hydrogens is 663 g/mol. The molecule has 2 aromatic carbocycles. The van der Waals surface area contributed by atoms with Gasteiger partial charge in [0.2, 0.25) is 17.8 Å². The summed E-state index contributed by atoms with van der Waals surface area (Å²) in [6, 6.07) is 15.4. The maximum atomic E-state index is 13.4. The van der Waals surface area contributed by atoms with Crippen molar-refractivity contribution in [2.45, 2.75) is 89.9 Å². The van der Waals surface area contributed by atoms with Gasteiger partial charge in [-0.3, -0.25) is 4.79 Å². The predicted molar refractivity (Wildman–Crippen MR) is 185 cm³/mol. The third kappa shape index (κ3) is 11.6. The molecule has 0 saturated carbocycles. The highest BCUT2D eigenvalue weighted by atomic mass is 35.5. The molecule has 1 aliphatic rings. The van der Waals surface area contributed by atoms with Crippen molar-refractivity contribution in [1.82, 2.24) is 10.2 Å². The van der Waals surface area contributed by atoms with Gasteiger partial charge in [0.15, 0.2) is 0 Å². The van der Waals surface area contributed by atoms with E-state index in [0.29, 0.717) is 43.4 Å². The third-order valence-electron chi connectivity index (χ3n) is 7.90. The summed E-state index contributed by atoms with van der Waals surface area (Å²) in [6.45, 7) is 7.66. The molecule has 0 bridgehead atoms. The number of halogens is 2. The Morgan fingerprint density at radius 2 is 1.44 bits per heavy atom. The Kier molecular flexibility index (Phi) is 17.3. The number of nitrogens with zero attached hydrogens (tertiary/aromatic N) is 1. The van der Waals surface area contributed by atoms with E-state index < -0.39 is 59.4 Å². The van der Waals surface area contributed by atoms with Crippen LogP contribution < -0.4 is 16.8 Å². The van der Waals surface area contributed by atoms with Crippen LogP contribution in [0.15, 0.2) is 60.7 Å². The number of hydrogen-bond donors (Lipinski definition) is 4. The number of benzene rings is 2. The number of unbranched alkanes of at least 4 members (excludes halogenated alkanes) is 1. The highest BCUT2D eigenvalue weighted by molar-refractivity contribution is 5.88. The first-order chi connectivity index (χ1) is 21.8. The third-order valence-corrected chi connectivity index (χ3v) is 7.90. The Morgan fingerprint density at radius 1 is 0.917 bits per heavy atom. The Labute approximate surface area is 295 Å². The lowest BCUT2D eigenvalue weighted by Crippen LogP contribution is -2.54. The fourth-order valence-electron chi connectivity index (χ4n) is 5.14. The van der Waals surface area contributed by atoms with Crippen LogP contribution in [0.3, 0.4) is 0 Å². The van der Waals surface area contributed by atoms with Gasteiger partial charge in [-0.1, -0.05) is 87.9 Å². The Bertz CT molecular complexity index is 1270. The van der Waals surface area contributed by atoms with E-state index in [1.807, 2.05) is 0 Å². The van der Waals surface area contributed by atoms with Gasteiger partial charge < -0.3 is 41.0 Å². The van der Waals surface area contributed by atoms with E-state index in [2.05, 4.69) is 5.32 Å². The summed E-state index contributed by atoms with van der Waals surface area (Å²) in [5.41, 5.74) is 9.55. The molecule has 48 heavy (non-hydrogen) atoms. The summed E-state index contributed by atoms with van der Waals surface area (Å²) in [6.07, 6.45) is 0.0189. The molecule has 2 aromatic rings.